The minimum atomic E-state index is -1.17. The van der Waals surface area contributed by atoms with Crippen LogP contribution in [0.3, 0.4) is 0 Å². The van der Waals surface area contributed by atoms with Crippen molar-refractivity contribution in [1.29, 1.82) is 0 Å². The van der Waals surface area contributed by atoms with E-state index >= 15 is 0 Å². The van der Waals surface area contributed by atoms with Gasteiger partial charge >= 0.3 is 0 Å². The van der Waals surface area contributed by atoms with Gasteiger partial charge in [0.05, 0.1) is 12.3 Å². The van der Waals surface area contributed by atoms with Gasteiger partial charge in [0, 0.05) is 11.7 Å². The van der Waals surface area contributed by atoms with E-state index in [2.05, 4.69) is 9.69 Å². The third-order valence-electron chi connectivity index (χ3n) is 6.44. The standard InChI is InChI=1S/C27H30FN5O4S/c1-2-37-20-14-12-19(13-15-20)33(27(36)24-21(29)22(25(30)34)32-38-24)23(16-8-10-17(28)11-9-16)26(35)31-18-6-4-3-5-7-18/h8-15,18,23H,2-7,29H2,1H3,(H2,30,34)(H,31,35)/t23-/m1/s1. The number of amides is 3. The fraction of sp³-hybridized carbons (Fsp3) is 0.333. The number of ether oxygens (including phenoxy) is 1. The topological polar surface area (TPSA) is 141 Å². The van der Waals surface area contributed by atoms with Crippen molar-refractivity contribution in [3.63, 3.8) is 0 Å². The van der Waals surface area contributed by atoms with Crippen molar-refractivity contribution < 1.29 is 23.5 Å². The Morgan fingerprint density at radius 2 is 1.76 bits per heavy atom. The lowest BCUT2D eigenvalue weighted by molar-refractivity contribution is -0.123. The number of carbonyl (C=O) groups excluding carboxylic acids is 3. The second kappa shape index (κ2) is 12.0. The van der Waals surface area contributed by atoms with Crippen LogP contribution < -0.4 is 26.4 Å². The first-order valence-corrected chi connectivity index (χ1v) is 13.2. The van der Waals surface area contributed by atoms with Gasteiger partial charge in [-0.05, 0) is 73.3 Å². The van der Waals surface area contributed by atoms with Gasteiger partial charge in [0.1, 0.15) is 22.5 Å². The van der Waals surface area contributed by atoms with Crippen LogP contribution in [0.5, 0.6) is 5.75 Å². The zero-order valence-corrected chi connectivity index (χ0v) is 21.8. The highest BCUT2D eigenvalue weighted by atomic mass is 32.1. The average Bonchev–Trinajstić information content (AvgIpc) is 3.30. The molecule has 11 heteroatoms. The number of nitrogen functional groups attached to an aromatic ring is 1. The molecule has 1 atom stereocenters. The molecule has 0 spiro atoms. The molecule has 3 amide bonds. The molecule has 9 nitrogen and oxygen atoms in total. The van der Waals surface area contributed by atoms with Crippen LogP contribution in [0, 0.1) is 5.82 Å². The molecule has 0 saturated heterocycles. The smallest absolute Gasteiger partial charge is 0.273 e. The van der Waals surface area contributed by atoms with Crippen LogP contribution in [-0.4, -0.2) is 34.7 Å². The van der Waals surface area contributed by atoms with Crippen LogP contribution in [0.15, 0.2) is 48.5 Å². The summed E-state index contributed by atoms with van der Waals surface area (Å²) in [5.41, 5.74) is 11.9. The van der Waals surface area contributed by atoms with Crippen LogP contribution in [0.4, 0.5) is 15.8 Å². The number of carbonyl (C=O) groups is 3. The Morgan fingerprint density at radius 1 is 1.11 bits per heavy atom. The van der Waals surface area contributed by atoms with Gasteiger partial charge in [-0.25, -0.2) is 4.39 Å². The molecule has 1 aliphatic carbocycles. The Morgan fingerprint density at radius 3 is 2.34 bits per heavy atom. The molecule has 3 aromatic rings. The molecular weight excluding hydrogens is 509 g/mol. The monoisotopic (exact) mass is 539 g/mol. The number of primary amides is 1. The quantitative estimate of drug-likeness (QED) is 0.372. The van der Waals surface area contributed by atoms with Gasteiger partial charge in [-0.1, -0.05) is 31.4 Å². The largest absolute Gasteiger partial charge is 0.494 e. The molecule has 2 aromatic carbocycles. The third-order valence-corrected chi connectivity index (χ3v) is 7.30. The number of halogens is 1. The number of hydrogen-bond acceptors (Lipinski definition) is 7. The van der Waals surface area contributed by atoms with Gasteiger partial charge in [0.2, 0.25) is 5.91 Å². The summed E-state index contributed by atoms with van der Waals surface area (Å²) in [5.74, 6) is -1.82. The molecule has 1 fully saturated rings. The highest BCUT2D eigenvalue weighted by Gasteiger charge is 2.37. The summed E-state index contributed by atoms with van der Waals surface area (Å²) in [7, 11) is 0. The number of nitrogens with zero attached hydrogens (tertiary/aromatic N) is 2. The van der Waals surface area contributed by atoms with Gasteiger partial charge in [0.25, 0.3) is 11.8 Å². The Hall–Kier alpha value is -3.99. The predicted octanol–water partition coefficient (Wildman–Crippen LogP) is 4.20. The first-order valence-electron chi connectivity index (χ1n) is 12.5. The Kier molecular flexibility index (Phi) is 8.57. The first kappa shape index (κ1) is 27.1. The molecule has 0 radical (unpaired) electrons. The van der Waals surface area contributed by atoms with Crippen molar-refractivity contribution >= 4 is 40.6 Å². The minimum absolute atomic E-state index is 0.0357. The van der Waals surface area contributed by atoms with E-state index in [1.807, 2.05) is 6.92 Å². The Bertz CT molecular complexity index is 1290. The van der Waals surface area contributed by atoms with Gasteiger partial charge in [0.15, 0.2) is 5.69 Å². The maximum Gasteiger partial charge on any atom is 0.273 e. The normalized spacial score (nSPS) is 14.5. The molecule has 5 N–H and O–H groups in total. The van der Waals surface area contributed by atoms with Gasteiger partial charge in [-0.2, -0.15) is 4.37 Å². The van der Waals surface area contributed by atoms with Crippen LogP contribution in [0.2, 0.25) is 0 Å². The highest BCUT2D eigenvalue weighted by Crippen LogP contribution is 2.34. The molecule has 0 aliphatic heterocycles. The van der Waals surface area contributed by atoms with Gasteiger partial charge in [-0.3, -0.25) is 19.3 Å². The first-order chi connectivity index (χ1) is 18.3. The van der Waals surface area contributed by atoms with Gasteiger partial charge in [-0.15, -0.1) is 0 Å². The van der Waals surface area contributed by atoms with Gasteiger partial charge < -0.3 is 21.5 Å². The number of anilines is 2. The highest BCUT2D eigenvalue weighted by molar-refractivity contribution is 7.09. The molecule has 0 unspecified atom stereocenters. The summed E-state index contributed by atoms with van der Waals surface area (Å²) in [6.07, 6.45) is 4.78. The molecule has 1 heterocycles. The van der Waals surface area contributed by atoms with E-state index in [0.29, 0.717) is 23.6 Å². The van der Waals surface area contributed by atoms with Crippen molar-refractivity contribution in [3.05, 3.63) is 70.5 Å². The summed E-state index contributed by atoms with van der Waals surface area (Å²) in [6.45, 7) is 2.31. The molecule has 0 bridgehead atoms. The second-order valence-electron chi connectivity index (χ2n) is 9.04. The summed E-state index contributed by atoms with van der Waals surface area (Å²) in [6, 6.07) is 10.9. The number of aromatic nitrogens is 1. The lowest BCUT2D eigenvalue weighted by Crippen LogP contribution is -2.47. The fourth-order valence-electron chi connectivity index (χ4n) is 4.58. The van der Waals surface area contributed by atoms with E-state index in [0.717, 1.165) is 43.6 Å². The van der Waals surface area contributed by atoms with Crippen molar-refractivity contribution in [2.75, 3.05) is 17.2 Å². The van der Waals surface area contributed by atoms with Crippen LogP contribution in [0.25, 0.3) is 0 Å². The molecule has 38 heavy (non-hydrogen) atoms. The van der Waals surface area contributed by atoms with Crippen LogP contribution in [0.1, 0.15) is 70.8 Å². The SMILES string of the molecule is CCOc1ccc(N(C(=O)c2snc(C(N)=O)c2N)[C@@H](C(=O)NC2CCCCC2)c2ccc(F)cc2)cc1. The molecular formula is C27H30FN5O4S. The average molecular weight is 540 g/mol. The summed E-state index contributed by atoms with van der Waals surface area (Å²) in [4.78, 5) is 41.0. The lowest BCUT2D eigenvalue weighted by Gasteiger charge is -2.33. The molecule has 1 aliphatic rings. The maximum atomic E-state index is 14.1. The van der Waals surface area contributed by atoms with E-state index in [1.54, 1.807) is 24.3 Å². The number of nitrogens with two attached hydrogens (primary N) is 2. The fourth-order valence-corrected chi connectivity index (χ4v) is 5.32. The molecule has 1 aromatic heterocycles. The molecule has 1 saturated carbocycles. The van der Waals surface area contributed by atoms with Crippen molar-refractivity contribution in [3.8, 4) is 5.75 Å². The summed E-state index contributed by atoms with van der Waals surface area (Å²) in [5, 5.41) is 3.09. The van der Waals surface area contributed by atoms with E-state index in [-0.39, 0.29) is 22.3 Å². The molecule has 200 valence electrons. The van der Waals surface area contributed by atoms with E-state index in [4.69, 9.17) is 16.2 Å². The Labute approximate surface area is 224 Å². The third kappa shape index (κ3) is 5.94. The van der Waals surface area contributed by atoms with E-state index < -0.39 is 29.6 Å². The van der Waals surface area contributed by atoms with Crippen molar-refractivity contribution in [1.82, 2.24) is 9.69 Å². The Balaban J connectivity index is 1.82. The minimum Gasteiger partial charge on any atom is -0.494 e. The van der Waals surface area contributed by atoms with Crippen LogP contribution >= 0.6 is 11.5 Å². The second-order valence-corrected chi connectivity index (χ2v) is 9.81. The molecule has 4 rings (SSSR count). The van der Waals surface area contributed by atoms with Crippen molar-refractivity contribution in [2.24, 2.45) is 5.73 Å². The maximum absolute atomic E-state index is 14.1. The number of hydrogen-bond donors (Lipinski definition) is 3. The number of nitrogens with one attached hydrogen (secondary N) is 1. The predicted molar refractivity (Wildman–Crippen MR) is 144 cm³/mol. The van der Waals surface area contributed by atoms with E-state index in [9.17, 15) is 18.8 Å². The number of rotatable bonds is 9. The van der Waals surface area contributed by atoms with E-state index in [1.165, 1.54) is 29.2 Å². The zero-order chi connectivity index (χ0) is 27.2. The van der Waals surface area contributed by atoms with Crippen LogP contribution in [-0.2, 0) is 4.79 Å². The zero-order valence-electron chi connectivity index (χ0n) is 21.0. The number of benzene rings is 2. The van der Waals surface area contributed by atoms with Crippen molar-refractivity contribution in [2.45, 2.75) is 51.1 Å². The lowest BCUT2D eigenvalue weighted by atomic mass is 9.94. The summed E-state index contributed by atoms with van der Waals surface area (Å²) >= 11 is 0.726. The summed E-state index contributed by atoms with van der Waals surface area (Å²) < 4.78 is 23.4.